The molecule has 3 atom stereocenters. The van der Waals surface area contributed by atoms with E-state index in [1.165, 1.54) is 11.5 Å². The maximum atomic E-state index is 13.2. The lowest BCUT2D eigenvalue weighted by atomic mass is 9.57. The van der Waals surface area contributed by atoms with Crippen molar-refractivity contribution in [3.05, 3.63) is 80.3 Å². The molecule has 29 heavy (non-hydrogen) atoms. The molecule has 6 nitrogen and oxygen atoms in total. The van der Waals surface area contributed by atoms with Gasteiger partial charge in [0.2, 0.25) is 0 Å². The molecule has 3 unspecified atom stereocenters. The normalized spacial score (nSPS) is 25.6. The van der Waals surface area contributed by atoms with Crippen LogP contribution in [-0.4, -0.2) is 21.5 Å². The third kappa shape index (κ3) is 2.68. The van der Waals surface area contributed by atoms with E-state index in [9.17, 15) is 9.59 Å². The number of aromatic nitrogens is 2. The first-order valence-corrected chi connectivity index (χ1v) is 10.4. The molecule has 1 fully saturated rings. The first-order valence-electron chi connectivity index (χ1n) is 8.85. The Morgan fingerprint density at radius 1 is 1.00 bits per heavy atom. The van der Waals surface area contributed by atoms with Crippen LogP contribution >= 0.6 is 34.7 Å². The summed E-state index contributed by atoms with van der Waals surface area (Å²) in [6, 6.07) is 14.3. The number of carbonyl (C=O) groups is 2. The average molecular weight is 446 g/mol. The monoisotopic (exact) mass is 445 g/mol. The molecule has 1 N–H and O–H groups in total. The summed E-state index contributed by atoms with van der Waals surface area (Å²) in [6.45, 7) is 0. The van der Waals surface area contributed by atoms with Gasteiger partial charge < -0.3 is 4.84 Å². The fourth-order valence-corrected chi connectivity index (χ4v) is 5.52. The second-order valence-electron chi connectivity index (χ2n) is 7.07. The van der Waals surface area contributed by atoms with Gasteiger partial charge in [0.15, 0.2) is 5.41 Å². The summed E-state index contributed by atoms with van der Waals surface area (Å²) in [6.07, 6.45) is 0.389. The van der Waals surface area contributed by atoms with Crippen LogP contribution in [0.5, 0.6) is 0 Å². The highest BCUT2D eigenvalue weighted by molar-refractivity contribution is 7.05. The van der Waals surface area contributed by atoms with Crippen molar-refractivity contribution in [1.29, 1.82) is 0 Å². The van der Waals surface area contributed by atoms with E-state index in [1.807, 2.05) is 24.3 Å². The maximum Gasteiger partial charge on any atom is 0.349 e. The van der Waals surface area contributed by atoms with Crippen LogP contribution < -0.4 is 5.48 Å². The van der Waals surface area contributed by atoms with Crippen molar-refractivity contribution in [2.75, 3.05) is 0 Å². The summed E-state index contributed by atoms with van der Waals surface area (Å²) in [5.41, 5.74) is 3.17. The highest BCUT2D eigenvalue weighted by atomic mass is 35.5. The number of amides is 1. The molecule has 0 radical (unpaired) electrons. The summed E-state index contributed by atoms with van der Waals surface area (Å²) < 4.78 is 4.10. The van der Waals surface area contributed by atoms with Crippen molar-refractivity contribution in [2.45, 2.75) is 18.3 Å². The molecule has 2 aliphatic rings. The Bertz CT molecular complexity index is 1100. The van der Waals surface area contributed by atoms with E-state index >= 15 is 0 Å². The van der Waals surface area contributed by atoms with Gasteiger partial charge in [-0.15, -0.1) is 5.10 Å². The lowest BCUT2D eigenvalue weighted by molar-refractivity contribution is -0.152. The highest BCUT2D eigenvalue weighted by Gasteiger charge is 2.66. The van der Waals surface area contributed by atoms with Crippen LogP contribution in [0.15, 0.2) is 48.5 Å². The molecule has 1 amide bonds. The van der Waals surface area contributed by atoms with Crippen LogP contribution in [0, 0.1) is 5.41 Å². The molecular formula is C20H13Cl2N3O3S. The Labute approximate surface area is 179 Å². The zero-order valence-corrected chi connectivity index (χ0v) is 17.1. The average Bonchev–Trinajstić information content (AvgIpc) is 3.30. The standard InChI is InChI=1S/C20H13Cl2N3O3S/c21-12-5-1-10(2-6-12)14-9-15-17(29-25-23-15)16(11-3-7-13(22)8-4-11)20(14)18(26)24-28-19(20)27/h1-8,14,16H,9H2,(H,24,26). The minimum atomic E-state index is -1.48. The van der Waals surface area contributed by atoms with Gasteiger partial charge in [-0.3, -0.25) is 4.79 Å². The third-order valence-electron chi connectivity index (χ3n) is 5.68. The lowest BCUT2D eigenvalue weighted by Gasteiger charge is -2.41. The topological polar surface area (TPSA) is 81.2 Å². The zero-order valence-electron chi connectivity index (χ0n) is 14.8. The summed E-state index contributed by atoms with van der Waals surface area (Å²) in [7, 11) is 0. The molecule has 0 saturated carbocycles. The Morgan fingerprint density at radius 3 is 2.21 bits per heavy atom. The van der Waals surface area contributed by atoms with Gasteiger partial charge in [0.25, 0.3) is 5.91 Å². The smallest absolute Gasteiger partial charge is 0.339 e. The van der Waals surface area contributed by atoms with E-state index in [0.717, 1.165) is 21.7 Å². The number of rotatable bonds is 2. The van der Waals surface area contributed by atoms with Gasteiger partial charge in [-0.25, -0.2) is 4.79 Å². The molecule has 1 aliphatic carbocycles. The van der Waals surface area contributed by atoms with Crippen LogP contribution in [0.1, 0.15) is 33.5 Å². The van der Waals surface area contributed by atoms with Gasteiger partial charge >= 0.3 is 5.97 Å². The second kappa shape index (κ2) is 6.79. The Kier molecular flexibility index (Phi) is 4.34. The van der Waals surface area contributed by atoms with Gasteiger partial charge in [0.1, 0.15) is 0 Å². The molecular weight excluding hydrogens is 433 g/mol. The molecule has 1 aromatic heterocycles. The quantitative estimate of drug-likeness (QED) is 0.605. The van der Waals surface area contributed by atoms with E-state index in [4.69, 9.17) is 28.0 Å². The van der Waals surface area contributed by atoms with Crippen molar-refractivity contribution in [3.8, 4) is 0 Å². The fraction of sp³-hybridized carbons (Fsp3) is 0.200. The zero-order chi connectivity index (χ0) is 20.2. The van der Waals surface area contributed by atoms with Crippen LogP contribution in [0.3, 0.4) is 0 Å². The third-order valence-corrected chi connectivity index (χ3v) is 7.01. The molecule has 3 aromatic rings. The van der Waals surface area contributed by atoms with E-state index in [0.29, 0.717) is 16.5 Å². The van der Waals surface area contributed by atoms with E-state index in [-0.39, 0.29) is 0 Å². The number of nitrogens with zero attached hydrogens (tertiary/aromatic N) is 2. The lowest BCUT2D eigenvalue weighted by Crippen LogP contribution is -2.49. The van der Waals surface area contributed by atoms with Crippen molar-refractivity contribution in [2.24, 2.45) is 5.41 Å². The van der Waals surface area contributed by atoms with Gasteiger partial charge in [-0.1, -0.05) is 52.0 Å². The van der Waals surface area contributed by atoms with Gasteiger partial charge in [0, 0.05) is 28.3 Å². The van der Waals surface area contributed by atoms with Crippen molar-refractivity contribution < 1.29 is 14.4 Å². The largest absolute Gasteiger partial charge is 0.349 e. The molecule has 9 heteroatoms. The number of benzene rings is 2. The summed E-state index contributed by atoms with van der Waals surface area (Å²) in [4.78, 5) is 32.3. The summed E-state index contributed by atoms with van der Waals surface area (Å²) in [5, 5.41) is 5.42. The Morgan fingerprint density at radius 2 is 1.62 bits per heavy atom. The molecule has 146 valence electrons. The van der Waals surface area contributed by atoms with Crippen LogP contribution in [0.2, 0.25) is 10.0 Å². The molecule has 0 bridgehead atoms. The Hall–Kier alpha value is -2.48. The van der Waals surface area contributed by atoms with Crippen LogP contribution in [-0.2, 0) is 20.8 Å². The highest BCUT2D eigenvalue weighted by Crippen LogP contribution is 2.58. The summed E-state index contributed by atoms with van der Waals surface area (Å²) in [5.74, 6) is -2.17. The number of hydrogen-bond donors (Lipinski definition) is 1. The van der Waals surface area contributed by atoms with Crippen LogP contribution in [0.25, 0.3) is 0 Å². The number of halogens is 2. The van der Waals surface area contributed by atoms with Crippen molar-refractivity contribution >= 4 is 46.6 Å². The molecule has 2 aromatic carbocycles. The SMILES string of the molecule is O=C1NOC(=O)C12C(c1ccc(Cl)cc1)Cc1nnsc1C2c1ccc(Cl)cc1. The molecule has 1 aliphatic heterocycles. The van der Waals surface area contributed by atoms with E-state index in [2.05, 4.69) is 15.1 Å². The minimum absolute atomic E-state index is 0.389. The molecule has 5 rings (SSSR count). The van der Waals surface area contributed by atoms with E-state index < -0.39 is 29.1 Å². The Balaban J connectivity index is 1.79. The van der Waals surface area contributed by atoms with Gasteiger partial charge in [0.05, 0.1) is 10.6 Å². The molecule has 1 saturated heterocycles. The summed E-state index contributed by atoms with van der Waals surface area (Å²) >= 11 is 13.3. The molecule has 1 spiro atoms. The fourth-order valence-electron chi connectivity index (χ4n) is 4.39. The number of hydroxylamine groups is 1. The minimum Gasteiger partial charge on any atom is -0.339 e. The first-order chi connectivity index (χ1) is 14.0. The van der Waals surface area contributed by atoms with Gasteiger partial charge in [-0.05, 0) is 46.9 Å². The number of hydrogen-bond acceptors (Lipinski definition) is 6. The number of fused-ring (bicyclic) bond motifs is 1. The van der Waals surface area contributed by atoms with Crippen molar-refractivity contribution in [3.63, 3.8) is 0 Å². The number of nitrogens with one attached hydrogen (secondary N) is 1. The van der Waals surface area contributed by atoms with E-state index in [1.54, 1.807) is 24.3 Å². The van der Waals surface area contributed by atoms with Crippen LogP contribution in [0.4, 0.5) is 0 Å². The first kappa shape index (κ1) is 18.5. The second-order valence-corrected chi connectivity index (χ2v) is 8.73. The van der Waals surface area contributed by atoms with Crippen molar-refractivity contribution in [1.82, 2.24) is 15.1 Å². The predicted molar refractivity (Wildman–Crippen MR) is 108 cm³/mol. The maximum absolute atomic E-state index is 13.2. The number of carbonyl (C=O) groups excluding carboxylic acids is 2. The van der Waals surface area contributed by atoms with Gasteiger partial charge in [-0.2, -0.15) is 5.48 Å². The molecule has 2 heterocycles. The predicted octanol–water partition coefficient (Wildman–Crippen LogP) is 3.89.